The number of amides is 2. The molecule has 9 nitrogen and oxygen atoms in total. The van der Waals surface area contributed by atoms with E-state index in [2.05, 4.69) is 19.2 Å². The Morgan fingerprint density at radius 2 is 0.488 bits per heavy atom. The van der Waals surface area contributed by atoms with Crippen molar-refractivity contribution in [3.05, 3.63) is 0 Å². The number of unbranched alkanes of at least 4 members (excludes halogenated alkanes) is 24. The molecule has 0 aromatic heterocycles. The Morgan fingerprint density at radius 3 is 0.683 bits per heavy atom. The van der Waals surface area contributed by atoms with E-state index in [1.165, 1.54) is 141 Å². The third kappa shape index (κ3) is 48.9. The van der Waals surface area contributed by atoms with E-state index in [9.17, 15) is 9.59 Å². The van der Waals surface area contributed by atoms with Gasteiger partial charge in [0.15, 0.2) is 0 Å². The molecule has 0 saturated heterocycles. The molecule has 41 heavy (non-hydrogen) atoms. The Bertz CT molecular complexity index is 429. The van der Waals surface area contributed by atoms with Crippen LogP contribution in [0.3, 0.4) is 0 Å². The van der Waals surface area contributed by atoms with Crippen LogP contribution < -0.4 is 42.2 Å². The van der Waals surface area contributed by atoms with Crippen molar-refractivity contribution in [2.75, 3.05) is 0 Å². The van der Waals surface area contributed by atoms with Crippen molar-refractivity contribution < 1.29 is 9.59 Å². The van der Waals surface area contributed by atoms with Crippen molar-refractivity contribution in [3.63, 3.8) is 0 Å². The Labute approximate surface area is 257 Å². The highest BCUT2D eigenvalue weighted by molar-refractivity contribution is 5.95. The van der Waals surface area contributed by atoms with Crippen molar-refractivity contribution in [2.24, 2.45) is 0 Å². The maximum atomic E-state index is 12.0. The topological polar surface area (TPSA) is 256 Å². The molecular weight excluding hydrogens is 514 g/mol. The second-order valence-corrected chi connectivity index (χ2v) is 11.0. The van der Waals surface area contributed by atoms with Crippen LogP contribution in [0, 0.1) is 0 Å². The summed E-state index contributed by atoms with van der Waals surface area (Å²) in [5.41, 5.74) is 0. The van der Waals surface area contributed by atoms with E-state index in [4.69, 9.17) is 0 Å². The van der Waals surface area contributed by atoms with Gasteiger partial charge in [0, 0.05) is 12.8 Å². The molecule has 256 valence electrons. The molecule has 0 aliphatic carbocycles. The van der Waals surface area contributed by atoms with E-state index < -0.39 is 0 Å². The van der Waals surface area contributed by atoms with Crippen molar-refractivity contribution in [2.45, 2.75) is 194 Å². The van der Waals surface area contributed by atoms with Crippen molar-refractivity contribution in [1.29, 1.82) is 0 Å². The maximum Gasteiger partial charge on any atom is 0.226 e. The van der Waals surface area contributed by atoms with Gasteiger partial charge in [-0.2, -0.15) is 0 Å². The Kier molecular flexibility index (Phi) is 66.1. The van der Waals surface area contributed by atoms with Gasteiger partial charge >= 0.3 is 0 Å². The molecule has 0 aliphatic rings. The minimum atomic E-state index is -0.0761. The highest BCUT2D eigenvalue weighted by Crippen LogP contribution is 2.14. The van der Waals surface area contributed by atoms with E-state index >= 15 is 0 Å². The van der Waals surface area contributed by atoms with Crippen molar-refractivity contribution in [1.82, 2.24) is 42.2 Å². The van der Waals surface area contributed by atoms with E-state index in [1.54, 1.807) is 0 Å². The summed E-state index contributed by atoms with van der Waals surface area (Å²) in [5.74, 6) is -0.152. The smallest absolute Gasteiger partial charge is 0.226 e. The molecule has 9 heteroatoms. The average Bonchev–Trinajstić information content (AvgIpc) is 2.85. The first-order valence-corrected chi connectivity index (χ1v) is 16.0. The Morgan fingerprint density at radius 1 is 0.317 bits per heavy atom. The van der Waals surface area contributed by atoms with Crippen LogP contribution in [0.4, 0.5) is 0 Å². The summed E-state index contributed by atoms with van der Waals surface area (Å²) in [6, 6.07) is 0. The Balaban J connectivity index is -0.000000385. The number of carbonyl (C=O) groups is 2. The summed E-state index contributed by atoms with van der Waals surface area (Å²) in [5, 5.41) is 2.59. The van der Waals surface area contributed by atoms with Crippen LogP contribution in [0.25, 0.3) is 0 Å². The third-order valence-electron chi connectivity index (χ3n) is 7.29. The van der Waals surface area contributed by atoms with Crippen molar-refractivity contribution in [3.8, 4) is 0 Å². The number of carbonyl (C=O) groups excluding carboxylic acids is 2. The SMILES string of the molecule is CCCCCCCCCCCCCCCC(=O)NC(=O)CCCCCCCCCCCCCCC.N.N.N.N.N.N. The fourth-order valence-electron chi connectivity index (χ4n) is 4.89. The molecule has 2 amide bonds. The predicted octanol–water partition coefficient (Wildman–Crippen LogP) is 11.6. The molecule has 0 unspecified atom stereocenters. The van der Waals surface area contributed by atoms with E-state index in [-0.39, 0.29) is 48.7 Å². The zero-order chi connectivity index (χ0) is 25.7. The fraction of sp³-hybridized carbons (Fsp3) is 0.938. The number of rotatable bonds is 28. The largest absolute Gasteiger partial charge is 0.344 e. The quantitative estimate of drug-likeness (QED) is 0.0426. The van der Waals surface area contributed by atoms with Crippen LogP contribution in [-0.2, 0) is 9.59 Å². The van der Waals surface area contributed by atoms with Gasteiger partial charge in [-0.15, -0.1) is 0 Å². The average molecular weight is 596 g/mol. The fourth-order valence-corrected chi connectivity index (χ4v) is 4.89. The van der Waals surface area contributed by atoms with Gasteiger partial charge in [-0.25, -0.2) is 0 Å². The van der Waals surface area contributed by atoms with E-state index in [1.807, 2.05) is 0 Å². The predicted molar refractivity (Wildman–Crippen MR) is 184 cm³/mol. The molecule has 0 bridgehead atoms. The van der Waals surface area contributed by atoms with Gasteiger partial charge in [-0.3, -0.25) is 14.9 Å². The third-order valence-corrected chi connectivity index (χ3v) is 7.29. The van der Waals surface area contributed by atoms with Crippen LogP contribution in [0.2, 0.25) is 0 Å². The van der Waals surface area contributed by atoms with Crippen LogP contribution >= 0.6 is 0 Å². The lowest BCUT2D eigenvalue weighted by Gasteiger charge is -2.05. The monoisotopic (exact) mass is 596 g/mol. The summed E-state index contributed by atoms with van der Waals surface area (Å²) in [7, 11) is 0. The zero-order valence-corrected chi connectivity index (χ0v) is 28.4. The van der Waals surface area contributed by atoms with Gasteiger partial charge < -0.3 is 36.9 Å². The lowest BCUT2D eigenvalue weighted by molar-refractivity contribution is -0.130. The standard InChI is InChI=1S/C32H63NO2.6H3N/c1-3-5-7-9-11-13-15-17-19-21-23-25-27-29-31(34)33-32(35)30-28-26-24-22-20-18-16-14-12-10-8-6-4-2;;;;;;/h3-30H2,1-2H3,(H,33,34,35);6*1H3. The molecule has 0 radical (unpaired) electrons. The zero-order valence-electron chi connectivity index (χ0n) is 28.4. The lowest BCUT2D eigenvalue weighted by Crippen LogP contribution is -2.29. The molecule has 0 aliphatic heterocycles. The lowest BCUT2D eigenvalue weighted by atomic mass is 10.0. The molecule has 19 N–H and O–H groups in total. The summed E-state index contributed by atoms with van der Waals surface area (Å²) >= 11 is 0. The molecular formula is C32H81N7O2. The minimum absolute atomic E-state index is 0. The normalized spacial score (nSPS) is 9.51. The number of nitrogens with one attached hydrogen (secondary N) is 1. The summed E-state index contributed by atoms with van der Waals surface area (Å²) in [6.45, 7) is 4.54. The molecule has 0 rings (SSSR count). The Hall–Kier alpha value is -1.10. The van der Waals surface area contributed by atoms with Crippen LogP contribution in [0.1, 0.15) is 194 Å². The highest BCUT2D eigenvalue weighted by Gasteiger charge is 2.07. The van der Waals surface area contributed by atoms with Gasteiger partial charge in [0.05, 0.1) is 0 Å². The van der Waals surface area contributed by atoms with E-state index in [0.29, 0.717) is 12.8 Å². The number of hydrogen-bond acceptors (Lipinski definition) is 8. The van der Waals surface area contributed by atoms with Crippen LogP contribution in [0.5, 0.6) is 0 Å². The summed E-state index contributed by atoms with van der Waals surface area (Å²) in [6.07, 6.45) is 34.9. The van der Waals surface area contributed by atoms with E-state index in [0.717, 1.165) is 25.7 Å². The van der Waals surface area contributed by atoms with Crippen LogP contribution in [0.15, 0.2) is 0 Å². The number of hydrogen-bond donors (Lipinski definition) is 7. The first-order chi connectivity index (χ1) is 17.2. The molecule has 0 aromatic rings. The van der Waals surface area contributed by atoms with Gasteiger partial charge in [-0.05, 0) is 12.8 Å². The maximum absolute atomic E-state index is 12.0. The van der Waals surface area contributed by atoms with Crippen LogP contribution in [-0.4, -0.2) is 11.8 Å². The van der Waals surface area contributed by atoms with Gasteiger partial charge in [0.25, 0.3) is 0 Å². The van der Waals surface area contributed by atoms with Gasteiger partial charge in [0.2, 0.25) is 11.8 Å². The van der Waals surface area contributed by atoms with Gasteiger partial charge in [-0.1, -0.05) is 168 Å². The highest BCUT2D eigenvalue weighted by atomic mass is 16.2. The number of imide groups is 1. The molecule has 0 spiro atoms. The van der Waals surface area contributed by atoms with Gasteiger partial charge in [0.1, 0.15) is 0 Å². The molecule has 0 aromatic carbocycles. The molecule has 0 atom stereocenters. The second kappa shape index (κ2) is 48.6. The second-order valence-electron chi connectivity index (χ2n) is 11.0. The first-order valence-electron chi connectivity index (χ1n) is 16.0. The molecule has 0 fully saturated rings. The summed E-state index contributed by atoms with van der Waals surface area (Å²) < 4.78 is 0. The van der Waals surface area contributed by atoms with Crippen molar-refractivity contribution >= 4 is 11.8 Å². The summed E-state index contributed by atoms with van der Waals surface area (Å²) in [4.78, 5) is 23.9. The first kappa shape index (κ1) is 55.8. The minimum Gasteiger partial charge on any atom is -0.344 e. The molecule has 0 saturated carbocycles. The molecule has 0 heterocycles.